The lowest BCUT2D eigenvalue weighted by Crippen LogP contribution is -2.24. The predicted molar refractivity (Wildman–Crippen MR) is 135 cm³/mol. The molecule has 3 aromatic carbocycles. The molecule has 0 heterocycles. The summed E-state index contributed by atoms with van der Waals surface area (Å²) in [7, 11) is 0. The molecule has 0 saturated carbocycles. The summed E-state index contributed by atoms with van der Waals surface area (Å²) < 4.78 is 0. The molecule has 32 heavy (non-hydrogen) atoms. The van der Waals surface area contributed by atoms with Gasteiger partial charge in [-0.1, -0.05) is 90.8 Å². The van der Waals surface area contributed by atoms with E-state index in [1.807, 2.05) is 12.1 Å². The summed E-state index contributed by atoms with van der Waals surface area (Å²) in [6.45, 7) is 13.4. The maximum Gasteiger partial charge on any atom is 0.115 e. The van der Waals surface area contributed by atoms with Crippen molar-refractivity contribution in [1.29, 1.82) is 0 Å². The highest BCUT2D eigenvalue weighted by atomic mass is 16.3. The molecule has 3 aromatic rings. The first-order valence-corrected chi connectivity index (χ1v) is 11.9. The second kappa shape index (κ2) is 9.40. The first kappa shape index (κ1) is 23.9. The van der Waals surface area contributed by atoms with Crippen LogP contribution < -0.4 is 0 Å². The summed E-state index contributed by atoms with van der Waals surface area (Å²) in [5, 5.41) is 20.1. The Labute approximate surface area is 194 Å². The molecule has 0 aliphatic heterocycles. The van der Waals surface area contributed by atoms with Crippen LogP contribution in [0.2, 0.25) is 0 Å². The van der Waals surface area contributed by atoms with Gasteiger partial charge in [-0.3, -0.25) is 0 Å². The molecule has 0 unspecified atom stereocenters. The average molecular weight is 431 g/mol. The van der Waals surface area contributed by atoms with Gasteiger partial charge < -0.3 is 10.2 Å². The number of benzene rings is 3. The lowest BCUT2D eigenvalue weighted by atomic mass is 9.71. The number of aromatic hydroxyl groups is 2. The van der Waals surface area contributed by atoms with Crippen molar-refractivity contribution in [3.8, 4) is 11.5 Å². The fourth-order valence-electron chi connectivity index (χ4n) is 4.94. The van der Waals surface area contributed by atoms with Crippen LogP contribution in [-0.4, -0.2) is 10.2 Å². The van der Waals surface area contributed by atoms with Crippen molar-refractivity contribution < 1.29 is 10.2 Å². The molecular weight excluding hydrogens is 392 g/mol. The van der Waals surface area contributed by atoms with Gasteiger partial charge in [0.05, 0.1) is 0 Å². The molecule has 0 bridgehead atoms. The fraction of sp³-hybridized carbons (Fsp3) is 0.400. The maximum absolute atomic E-state index is 10.0. The minimum Gasteiger partial charge on any atom is -0.508 e. The van der Waals surface area contributed by atoms with Crippen molar-refractivity contribution in [2.24, 2.45) is 0 Å². The molecule has 0 amide bonds. The molecule has 3 rings (SSSR count). The number of hydrogen-bond acceptors (Lipinski definition) is 2. The highest BCUT2D eigenvalue weighted by molar-refractivity contribution is 5.50. The normalized spacial score (nSPS) is 12.2. The Morgan fingerprint density at radius 3 is 1.38 bits per heavy atom. The predicted octanol–water partition coefficient (Wildman–Crippen LogP) is 7.65. The molecule has 0 aromatic heterocycles. The molecule has 2 N–H and O–H groups in total. The summed E-state index contributed by atoms with van der Waals surface area (Å²) >= 11 is 0. The zero-order valence-electron chi connectivity index (χ0n) is 20.5. The van der Waals surface area contributed by atoms with Crippen LogP contribution in [0, 0.1) is 0 Å². The van der Waals surface area contributed by atoms with Gasteiger partial charge in [-0.05, 0) is 70.5 Å². The van der Waals surface area contributed by atoms with Crippen LogP contribution in [0.25, 0.3) is 0 Å². The summed E-state index contributed by atoms with van der Waals surface area (Å²) in [6.07, 6.45) is 3.99. The first-order valence-electron chi connectivity index (χ1n) is 11.9. The van der Waals surface area contributed by atoms with Crippen molar-refractivity contribution in [1.82, 2.24) is 0 Å². The zero-order valence-corrected chi connectivity index (χ0v) is 20.5. The van der Waals surface area contributed by atoms with Crippen molar-refractivity contribution in [2.75, 3.05) is 0 Å². The Morgan fingerprint density at radius 2 is 1.00 bits per heavy atom. The molecule has 0 saturated heterocycles. The Morgan fingerprint density at radius 1 is 0.594 bits per heavy atom. The van der Waals surface area contributed by atoms with Gasteiger partial charge in [-0.2, -0.15) is 0 Å². The summed E-state index contributed by atoms with van der Waals surface area (Å²) in [5.41, 5.74) is 7.12. The van der Waals surface area contributed by atoms with E-state index in [1.165, 1.54) is 33.4 Å². The van der Waals surface area contributed by atoms with Gasteiger partial charge in [-0.25, -0.2) is 0 Å². The van der Waals surface area contributed by atoms with Gasteiger partial charge in [0.25, 0.3) is 0 Å². The molecule has 2 nitrogen and oxygen atoms in total. The lowest BCUT2D eigenvalue weighted by molar-refractivity contribution is 0.472. The minimum atomic E-state index is -0.189. The van der Waals surface area contributed by atoms with Crippen LogP contribution in [0.4, 0.5) is 0 Å². The van der Waals surface area contributed by atoms with Crippen molar-refractivity contribution in [2.45, 2.75) is 78.1 Å². The Bertz CT molecular complexity index is 993. The number of aryl methyl sites for hydroxylation is 2. The van der Waals surface area contributed by atoms with E-state index in [2.05, 4.69) is 77.9 Å². The van der Waals surface area contributed by atoms with Crippen LogP contribution in [0.1, 0.15) is 87.8 Å². The van der Waals surface area contributed by atoms with Crippen molar-refractivity contribution in [3.63, 3.8) is 0 Å². The Kier molecular flexibility index (Phi) is 7.03. The van der Waals surface area contributed by atoms with Gasteiger partial charge in [0.15, 0.2) is 0 Å². The topological polar surface area (TPSA) is 40.5 Å². The van der Waals surface area contributed by atoms with E-state index in [9.17, 15) is 10.2 Å². The van der Waals surface area contributed by atoms with E-state index < -0.39 is 0 Å². The molecule has 2 heteroatoms. The maximum atomic E-state index is 10.0. The smallest absolute Gasteiger partial charge is 0.115 e. The third-order valence-corrected chi connectivity index (χ3v) is 6.87. The number of phenolic OH excluding ortho intramolecular Hbond substituents is 2. The van der Waals surface area contributed by atoms with E-state index in [4.69, 9.17) is 0 Å². The fourth-order valence-corrected chi connectivity index (χ4v) is 4.94. The second-order valence-electron chi connectivity index (χ2n) is 10.0. The van der Waals surface area contributed by atoms with Crippen LogP contribution in [0.3, 0.4) is 0 Å². The molecule has 0 spiro atoms. The highest BCUT2D eigenvalue weighted by Crippen LogP contribution is 2.40. The third kappa shape index (κ3) is 4.70. The summed E-state index contributed by atoms with van der Waals surface area (Å²) in [4.78, 5) is 0. The van der Waals surface area contributed by atoms with E-state index >= 15 is 0 Å². The SMILES string of the molecule is CCCc1cc(O)ccc1C(C)(C)c1cccc(C(C)(C)c2ccc(O)cc2CCC)c1. The van der Waals surface area contributed by atoms with E-state index in [0.29, 0.717) is 11.5 Å². The minimum absolute atomic E-state index is 0.189. The summed E-state index contributed by atoms with van der Waals surface area (Å²) in [5.74, 6) is 0.664. The van der Waals surface area contributed by atoms with Crippen molar-refractivity contribution in [3.05, 3.63) is 94.0 Å². The molecule has 0 atom stereocenters. The molecule has 0 fully saturated rings. The number of phenols is 2. The van der Waals surface area contributed by atoms with E-state index in [0.717, 1.165) is 25.7 Å². The summed E-state index contributed by atoms with van der Waals surface area (Å²) in [6, 6.07) is 20.5. The van der Waals surface area contributed by atoms with Crippen LogP contribution in [0.5, 0.6) is 11.5 Å². The third-order valence-electron chi connectivity index (χ3n) is 6.87. The van der Waals surface area contributed by atoms with E-state index in [1.54, 1.807) is 12.1 Å². The van der Waals surface area contributed by atoms with Crippen molar-refractivity contribution >= 4 is 0 Å². The monoisotopic (exact) mass is 430 g/mol. The first-order chi connectivity index (χ1) is 15.1. The average Bonchev–Trinajstić information content (AvgIpc) is 2.74. The van der Waals surface area contributed by atoms with Crippen LogP contribution in [0.15, 0.2) is 60.7 Å². The van der Waals surface area contributed by atoms with Gasteiger partial charge in [-0.15, -0.1) is 0 Å². The molecule has 0 radical (unpaired) electrons. The standard InChI is InChI=1S/C30H38O2/c1-7-10-21-18-25(31)14-16-27(21)29(3,4)23-12-9-13-24(20-23)30(5,6)28-17-15-26(32)19-22(28)11-8-2/h9,12-20,31-32H,7-8,10-11H2,1-6H3. The van der Waals surface area contributed by atoms with Gasteiger partial charge in [0.1, 0.15) is 11.5 Å². The zero-order chi connectivity index (χ0) is 23.5. The van der Waals surface area contributed by atoms with Crippen LogP contribution in [-0.2, 0) is 23.7 Å². The van der Waals surface area contributed by atoms with Gasteiger partial charge in [0, 0.05) is 10.8 Å². The molecule has 0 aliphatic carbocycles. The number of rotatable bonds is 8. The quantitative estimate of drug-likeness (QED) is 0.385. The Hall–Kier alpha value is -2.74. The Balaban J connectivity index is 2.09. The number of hydrogen-bond donors (Lipinski definition) is 2. The second-order valence-corrected chi connectivity index (χ2v) is 10.0. The molecule has 170 valence electrons. The molecular formula is C30H38O2. The largest absolute Gasteiger partial charge is 0.508 e. The van der Waals surface area contributed by atoms with E-state index in [-0.39, 0.29) is 10.8 Å². The van der Waals surface area contributed by atoms with Gasteiger partial charge >= 0.3 is 0 Å². The van der Waals surface area contributed by atoms with Crippen LogP contribution >= 0.6 is 0 Å². The highest BCUT2D eigenvalue weighted by Gasteiger charge is 2.30. The van der Waals surface area contributed by atoms with Gasteiger partial charge in [0.2, 0.25) is 0 Å². The molecule has 0 aliphatic rings. The lowest BCUT2D eigenvalue weighted by Gasteiger charge is -2.33.